The van der Waals surface area contributed by atoms with Gasteiger partial charge in [0, 0.05) is 13.1 Å². The summed E-state index contributed by atoms with van der Waals surface area (Å²) >= 11 is 0. The quantitative estimate of drug-likeness (QED) is 0.836. The molecule has 1 aromatic carbocycles. The van der Waals surface area contributed by atoms with Crippen LogP contribution in [0, 0.1) is 6.92 Å². The van der Waals surface area contributed by atoms with Crippen molar-refractivity contribution < 1.29 is 13.2 Å². The first-order chi connectivity index (χ1) is 9.77. The molecule has 118 valence electrons. The third-order valence-electron chi connectivity index (χ3n) is 3.22. The molecule has 0 aliphatic heterocycles. The summed E-state index contributed by atoms with van der Waals surface area (Å²) in [5, 5.41) is 2.80. The molecule has 6 heteroatoms. The summed E-state index contributed by atoms with van der Waals surface area (Å²) in [4.78, 5) is 12.1. The number of hydrogen-bond donors (Lipinski definition) is 1. The number of carbonyl (C=O) groups excluding carboxylic acids is 1. The average molecular weight is 312 g/mol. The van der Waals surface area contributed by atoms with E-state index in [0.717, 1.165) is 22.7 Å². The zero-order chi connectivity index (χ0) is 16.0. The van der Waals surface area contributed by atoms with Crippen LogP contribution in [-0.4, -0.2) is 38.3 Å². The Morgan fingerprint density at radius 1 is 1.29 bits per heavy atom. The van der Waals surface area contributed by atoms with E-state index in [1.807, 2.05) is 20.8 Å². The zero-order valence-corrected chi connectivity index (χ0v) is 13.9. The van der Waals surface area contributed by atoms with E-state index in [9.17, 15) is 13.2 Å². The van der Waals surface area contributed by atoms with Crippen LogP contribution in [0.5, 0.6) is 0 Å². The van der Waals surface area contributed by atoms with Crippen molar-refractivity contribution in [3.8, 4) is 0 Å². The molecule has 0 saturated heterocycles. The number of nitrogens with zero attached hydrogens (tertiary/aromatic N) is 1. The molecular formula is C15H24N2O3S. The van der Waals surface area contributed by atoms with E-state index in [-0.39, 0.29) is 23.4 Å². The molecule has 1 rings (SSSR count). The Hall–Kier alpha value is -1.40. The summed E-state index contributed by atoms with van der Waals surface area (Å²) in [6.07, 6.45) is 1.85. The normalized spacial score (nSPS) is 13.2. The lowest BCUT2D eigenvalue weighted by Crippen LogP contribution is -2.41. The summed E-state index contributed by atoms with van der Waals surface area (Å²) in [5.74, 6) is -0.283. The highest BCUT2D eigenvalue weighted by Gasteiger charge is 2.23. The Kier molecular flexibility index (Phi) is 6.36. The van der Waals surface area contributed by atoms with Gasteiger partial charge in [0.2, 0.25) is 15.9 Å². The van der Waals surface area contributed by atoms with Crippen LogP contribution in [0.1, 0.15) is 32.3 Å². The molecule has 0 spiro atoms. The number of carbonyl (C=O) groups is 1. The van der Waals surface area contributed by atoms with E-state index in [1.165, 1.54) is 7.05 Å². The molecular weight excluding hydrogens is 288 g/mol. The fourth-order valence-electron chi connectivity index (χ4n) is 2.00. The molecule has 1 aromatic rings. The number of nitrogens with one attached hydrogen (secondary N) is 1. The summed E-state index contributed by atoms with van der Waals surface area (Å²) in [6, 6.07) is 6.64. The number of rotatable bonds is 7. The van der Waals surface area contributed by atoms with E-state index in [0.29, 0.717) is 0 Å². The van der Waals surface area contributed by atoms with Crippen LogP contribution in [0.25, 0.3) is 0 Å². The van der Waals surface area contributed by atoms with Crippen LogP contribution in [-0.2, 0) is 14.8 Å². The topological polar surface area (TPSA) is 66.5 Å². The van der Waals surface area contributed by atoms with Gasteiger partial charge in [-0.05, 0) is 32.4 Å². The van der Waals surface area contributed by atoms with E-state index in [2.05, 4.69) is 5.32 Å². The second kappa shape index (κ2) is 7.56. The van der Waals surface area contributed by atoms with Gasteiger partial charge in [-0.1, -0.05) is 31.0 Å². The molecule has 1 amide bonds. The largest absolute Gasteiger partial charge is 0.353 e. The smallest absolute Gasteiger partial charge is 0.243 e. The van der Waals surface area contributed by atoms with Gasteiger partial charge in [-0.15, -0.1) is 0 Å². The number of benzene rings is 1. The SMILES string of the molecule is CCC[C@@H](C)NC(=O)CN(C)S(=O)(=O)c1ccc(C)cc1. The van der Waals surface area contributed by atoms with Crippen LogP contribution in [0.3, 0.4) is 0 Å². The molecule has 0 aliphatic rings. The first-order valence-corrected chi connectivity index (χ1v) is 8.53. The maximum Gasteiger partial charge on any atom is 0.243 e. The number of likely N-dealkylation sites (N-methyl/N-ethyl adjacent to an activating group) is 1. The lowest BCUT2D eigenvalue weighted by Gasteiger charge is -2.19. The monoisotopic (exact) mass is 312 g/mol. The summed E-state index contributed by atoms with van der Waals surface area (Å²) in [6.45, 7) is 5.67. The Morgan fingerprint density at radius 3 is 2.38 bits per heavy atom. The molecule has 0 heterocycles. The predicted molar refractivity (Wildman–Crippen MR) is 83.5 cm³/mol. The van der Waals surface area contributed by atoms with Crippen molar-refractivity contribution in [3.63, 3.8) is 0 Å². The maximum absolute atomic E-state index is 12.3. The fraction of sp³-hybridized carbons (Fsp3) is 0.533. The molecule has 1 N–H and O–H groups in total. The van der Waals surface area contributed by atoms with Gasteiger partial charge in [-0.2, -0.15) is 4.31 Å². The van der Waals surface area contributed by atoms with Gasteiger partial charge in [-0.3, -0.25) is 4.79 Å². The standard InChI is InChI=1S/C15H24N2O3S/c1-5-6-13(3)16-15(18)11-17(4)21(19,20)14-9-7-12(2)8-10-14/h7-10,13H,5-6,11H2,1-4H3,(H,16,18)/t13-/m1/s1. The first-order valence-electron chi connectivity index (χ1n) is 7.09. The minimum Gasteiger partial charge on any atom is -0.353 e. The third kappa shape index (κ3) is 5.13. The molecule has 1 atom stereocenters. The fourth-order valence-corrected chi connectivity index (χ4v) is 3.13. The third-order valence-corrected chi connectivity index (χ3v) is 5.04. The molecule has 0 radical (unpaired) electrons. The molecule has 21 heavy (non-hydrogen) atoms. The minimum absolute atomic E-state index is 0.0537. The summed E-state index contributed by atoms with van der Waals surface area (Å²) in [7, 11) is -2.21. The van der Waals surface area contributed by atoms with Gasteiger partial charge < -0.3 is 5.32 Å². The Labute approximate surface area is 127 Å². The van der Waals surface area contributed by atoms with Crippen LogP contribution in [0.4, 0.5) is 0 Å². The van der Waals surface area contributed by atoms with Crippen LogP contribution in [0.15, 0.2) is 29.2 Å². The molecule has 0 bridgehead atoms. The zero-order valence-electron chi connectivity index (χ0n) is 13.1. The lowest BCUT2D eigenvalue weighted by atomic mass is 10.2. The second-order valence-electron chi connectivity index (χ2n) is 5.33. The van der Waals surface area contributed by atoms with Crippen LogP contribution >= 0.6 is 0 Å². The number of sulfonamides is 1. The van der Waals surface area contributed by atoms with Gasteiger partial charge in [0.1, 0.15) is 0 Å². The Bertz CT molecular complexity index is 567. The van der Waals surface area contributed by atoms with E-state index >= 15 is 0 Å². The first kappa shape index (κ1) is 17.7. The van der Waals surface area contributed by atoms with Gasteiger partial charge in [0.05, 0.1) is 11.4 Å². The number of hydrogen-bond acceptors (Lipinski definition) is 3. The summed E-state index contributed by atoms with van der Waals surface area (Å²) < 4.78 is 25.7. The van der Waals surface area contributed by atoms with Crippen molar-refractivity contribution in [2.45, 2.75) is 44.6 Å². The van der Waals surface area contributed by atoms with Crippen molar-refractivity contribution >= 4 is 15.9 Å². The lowest BCUT2D eigenvalue weighted by molar-refractivity contribution is -0.121. The van der Waals surface area contributed by atoms with Crippen LogP contribution < -0.4 is 5.32 Å². The van der Waals surface area contributed by atoms with Crippen molar-refractivity contribution in [1.29, 1.82) is 0 Å². The van der Waals surface area contributed by atoms with Gasteiger partial charge >= 0.3 is 0 Å². The molecule has 0 unspecified atom stereocenters. The van der Waals surface area contributed by atoms with Crippen molar-refractivity contribution in [1.82, 2.24) is 9.62 Å². The molecule has 5 nitrogen and oxygen atoms in total. The molecule has 0 saturated carbocycles. The number of amides is 1. The van der Waals surface area contributed by atoms with Crippen molar-refractivity contribution in [3.05, 3.63) is 29.8 Å². The maximum atomic E-state index is 12.3. The van der Waals surface area contributed by atoms with Crippen molar-refractivity contribution in [2.24, 2.45) is 0 Å². The highest BCUT2D eigenvalue weighted by atomic mass is 32.2. The molecule has 0 aliphatic carbocycles. The minimum atomic E-state index is -3.63. The molecule has 0 fully saturated rings. The molecule has 0 aromatic heterocycles. The second-order valence-corrected chi connectivity index (χ2v) is 7.38. The highest BCUT2D eigenvalue weighted by Crippen LogP contribution is 2.14. The Balaban J connectivity index is 2.71. The summed E-state index contributed by atoms with van der Waals surface area (Å²) in [5.41, 5.74) is 0.989. The van der Waals surface area contributed by atoms with Gasteiger partial charge in [0.15, 0.2) is 0 Å². The number of aryl methyl sites for hydroxylation is 1. The van der Waals surface area contributed by atoms with E-state index in [1.54, 1.807) is 24.3 Å². The van der Waals surface area contributed by atoms with Gasteiger partial charge in [-0.25, -0.2) is 8.42 Å². The van der Waals surface area contributed by atoms with Gasteiger partial charge in [0.25, 0.3) is 0 Å². The average Bonchev–Trinajstić information content (AvgIpc) is 2.39. The highest BCUT2D eigenvalue weighted by molar-refractivity contribution is 7.89. The van der Waals surface area contributed by atoms with Crippen LogP contribution in [0.2, 0.25) is 0 Å². The predicted octanol–water partition coefficient (Wildman–Crippen LogP) is 1.92. The Morgan fingerprint density at radius 2 is 1.86 bits per heavy atom. The van der Waals surface area contributed by atoms with E-state index in [4.69, 9.17) is 0 Å². The van der Waals surface area contributed by atoms with E-state index < -0.39 is 10.0 Å². The van der Waals surface area contributed by atoms with Crippen molar-refractivity contribution in [2.75, 3.05) is 13.6 Å².